The quantitative estimate of drug-likeness (QED) is 0.298. The van der Waals surface area contributed by atoms with Crippen molar-refractivity contribution < 1.29 is 23.9 Å². The monoisotopic (exact) mass is 656 g/mol. The van der Waals surface area contributed by atoms with Crippen LogP contribution in [-0.2, 0) is 16.2 Å². The first kappa shape index (κ1) is 25.1. The average Bonchev–Trinajstić information content (AvgIpc) is 3.44. The van der Waals surface area contributed by atoms with E-state index in [9.17, 15) is 14.4 Å². The van der Waals surface area contributed by atoms with Crippen LogP contribution in [-0.4, -0.2) is 53.6 Å². The lowest BCUT2D eigenvalue weighted by atomic mass is 10.1. The number of carbonyl (C=O) groups is 3. The number of rotatable bonds is 7. The first-order valence-corrected chi connectivity index (χ1v) is 13.3. The maximum Gasteiger partial charge on any atom is 0.294 e. The number of ether oxygens (including phenoxy) is 2. The molecule has 10 heteroatoms. The van der Waals surface area contributed by atoms with Crippen molar-refractivity contribution >= 4 is 73.4 Å². The van der Waals surface area contributed by atoms with Crippen LogP contribution in [0.3, 0.4) is 0 Å². The molecule has 0 bridgehead atoms. The topological polar surface area (TPSA) is 76.2 Å². The molecule has 2 saturated heterocycles. The van der Waals surface area contributed by atoms with E-state index in [-0.39, 0.29) is 17.4 Å². The molecule has 34 heavy (non-hydrogen) atoms. The lowest BCUT2D eigenvalue weighted by molar-refractivity contribution is -0.135. The van der Waals surface area contributed by atoms with Gasteiger partial charge in [-0.1, -0.05) is 12.1 Å². The molecular weight excluding hydrogens is 635 g/mol. The highest BCUT2D eigenvalue weighted by Crippen LogP contribution is 2.39. The number of nitrogens with zero attached hydrogens (tertiary/aromatic N) is 2. The molecule has 0 atom stereocenters. The van der Waals surface area contributed by atoms with Crippen LogP contribution in [0.4, 0.5) is 4.79 Å². The molecular formula is C24H22BrIN2O5S. The molecule has 2 aromatic carbocycles. The number of hydrogen-bond acceptors (Lipinski definition) is 6. The fourth-order valence-corrected chi connectivity index (χ4v) is 5.46. The molecule has 3 amide bonds. The van der Waals surface area contributed by atoms with Crippen molar-refractivity contribution in [3.8, 4) is 11.5 Å². The Morgan fingerprint density at radius 1 is 1.18 bits per heavy atom. The molecule has 7 nitrogen and oxygen atoms in total. The van der Waals surface area contributed by atoms with Crippen LogP contribution in [0, 0.1) is 3.57 Å². The van der Waals surface area contributed by atoms with Crippen LogP contribution >= 0.6 is 50.3 Å². The number of carbonyl (C=O) groups excluding carboxylic acids is 3. The van der Waals surface area contributed by atoms with Gasteiger partial charge in [-0.05, 0) is 105 Å². The Hall–Kier alpha value is -2.05. The maximum atomic E-state index is 12.8. The van der Waals surface area contributed by atoms with Crippen LogP contribution in [0.5, 0.6) is 11.5 Å². The zero-order chi connectivity index (χ0) is 24.2. The number of benzene rings is 2. The smallest absolute Gasteiger partial charge is 0.294 e. The predicted octanol–water partition coefficient (Wildman–Crippen LogP) is 5.30. The number of thioether (sulfide) groups is 1. The standard InChI is InChI=1S/C24H22BrIN2O5S/c1-32-19-11-16(10-18(25)22(19)33-14-15-4-6-17(26)7-5-15)12-20-23(30)28(24(31)34-20)13-21(29)27-8-2-3-9-27/h4-7,10-12H,2-3,8-9,13-14H2,1H3/b20-12+. The van der Waals surface area contributed by atoms with Gasteiger partial charge >= 0.3 is 0 Å². The van der Waals surface area contributed by atoms with E-state index in [1.54, 1.807) is 30.2 Å². The lowest BCUT2D eigenvalue weighted by Crippen LogP contribution is -2.40. The van der Waals surface area contributed by atoms with Gasteiger partial charge < -0.3 is 14.4 Å². The fraction of sp³-hybridized carbons (Fsp3) is 0.292. The molecule has 0 aromatic heterocycles. The molecule has 2 heterocycles. The van der Waals surface area contributed by atoms with Crippen LogP contribution < -0.4 is 9.47 Å². The van der Waals surface area contributed by atoms with Crippen molar-refractivity contribution in [3.63, 3.8) is 0 Å². The number of likely N-dealkylation sites (tertiary alicyclic amines) is 1. The highest BCUT2D eigenvalue weighted by Gasteiger charge is 2.37. The van der Waals surface area contributed by atoms with Crippen molar-refractivity contribution in [2.24, 2.45) is 0 Å². The number of halogens is 2. The van der Waals surface area contributed by atoms with Gasteiger partial charge in [0.1, 0.15) is 13.2 Å². The molecule has 0 unspecified atom stereocenters. The summed E-state index contributed by atoms with van der Waals surface area (Å²) in [6.45, 7) is 1.50. The molecule has 0 aliphatic carbocycles. The second-order valence-electron chi connectivity index (χ2n) is 7.81. The molecule has 0 spiro atoms. The Morgan fingerprint density at radius 3 is 2.56 bits per heavy atom. The normalized spacial score (nSPS) is 17.1. The zero-order valence-electron chi connectivity index (χ0n) is 18.4. The molecule has 2 fully saturated rings. The molecule has 2 aliphatic heterocycles. The summed E-state index contributed by atoms with van der Waals surface area (Å²) in [6.07, 6.45) is 3.53. The minimum absolute atomic E-state index is 0.194. The Bertz CT molecular complexity index is 1150. The fourth-order valence-electron chi connectivity index (χ4n) is 3.69. The summed E-state index contributed by atoms with van der Waals surface area (Å²) in [6, 6.07) is 11.6. The third-order valence-corrected chi connectivity index (χ3v) is 7.69. The van der Waals surface area contributed by atoms with Gasteiger partial charge in [0, 0.05) is 16.7 Å². The second-order valence-corrected chi connectivity index (χ2v) is 10.9. The first-order valence-electron chi connectivity index (χ1n) is 10.6. The van der Waals surface area contributed by atoms with Crippen LogP contribution in [0.25, 0.3) is 6.08 Å². The van der Waals surface area contributed by atoms with Crippen molar-refractivity contribution in [1.82, 2.24) is 9.80 Å². The van der Waals surface area contributed by atoms with Gasteiger partial charge in [-0.3, -0.25) is 19.3 Å². The van der Waals surface area contributed by atoms with Gasteiger partial charge in [0.25, 0.3) is 11.1 Å². The SMILES string of the molecule is COc1cc(/C=C2/SC(=O)N(CC(=O)N3CCCC3)C2=O)cc(Br)c1OCc1ccc(I)cc1. The molecule has 0 radical (unpaired) electrons. The Morgan fingerprint density at radius 2 is 1.88 bits per heavy atom. The summed E-state index contributed by atoms with van der Waals surface area (Å²) in [5.74, 6) is 0.383. The van der Waals surface area contributed by atoms with Crippen LogP contribution in [0.15, 0.2) is 45.8 Å². The number of amides is 3. The average molecular weight is 657 g/mol. The summed E-state index contributed by atoms with van der Waals surface area (Å²) < 4.78 is 13.3. The van der Waals surface area contributed by atoms with Crippen molar-refractivity contribution in [3.05, 3.63) is 60.5 Å². The number of imide groups is 1. The van der Waals surface area contributed by atoms with Gasteiger partial charge in [-0.2, -0.15) is 0 Å². The Labute approximate surface area is 224 Å². The molecule has 0 saturated carbocycles. The van der Waals surface area contributed by atoms with Crippen LogP contribution in [0.2, 0.25) is 0 Å². The highest BCUT2D eigenvalue weighted by atomic mass is 127. The third-order valence-electron chi connectivity index (χ3n) is 5.47. The van der Waals surface area contributed by atoms with Gasteiger partial charge in [-0.25, -0.2) is 0 Å². The molecule has 178 valence electrons. The van der Waals surface area contributed by atoms with E-state index in [2.05, 4.69) is 38.5 Å². The van der Waals surface area contributed by atoms with E-state index >= 15 is 0 Å². The van der Waals surface area contributed by atoms with Crippen molar-refractivity contribution in [2.75, 3.05) is 26.7 Å². The minimum atomic E-state index is -0.461. The number of hydrogen-bond donors (Lipinski definition) is 0. The van der Waals surface area contributed by atoms with Gasteiger partial charge in [0.05, 0.1) is 16.5 Å². The summed E-state index contributed by atoms with van der Waals surface area (Å²) in [7, 11) is 1.54. The number of methoxy groups -OCH3 is 1. The van der Waals surface area contributed by atoms with E-state index in [0.29, 0.717) is 41.2 Å². The van der Waals surface area contributed by atoms with E-state index in [1.807, 2.05) is 24.3 Å². The van der Waals surface area contributed by atoms with Gasteiger partial charge in [0.15, 0.2) is 11.5 Å². The summed E-state index contributed by atoms with van der Waals surface area (Å²) in [5, 5.41) is -0.438. The third kappa shape index (κ3) is 5.77. The Balaban J connectivity index is 1.49. The molecule has 0 N–H and O–H groups in total. The van der Waals surface area contributed by atoms with Crippen molar-refractivity contribution in [2.45, 2.75) is 19.4 Å². The minimum Gasteiger partial charge on any atom is -0.493 e. The van der Waals surface area contributed by atoms with E-state index in [1.165, 1.54) is 0 Å². The Kier molecular flexibility index (Phi) is 8.20. The predicted molar refractivity (Wildman–Crippen MR) is 143 cm³/mol. The highest BCUT2D eigenvalue weighted by molar-refractivity contribution is 14.1. The largest absolute Gasteiger partial charge is 0.493 e. The van der Waals surface area contributed by atoms with Crippen molar-refractivity contribution in [1.29, 1.82) is 0 Å². The zero-order valence-corrected chi connectivity index (χ0v) is 22.9. The summed E-state index contributed by atoms with van der Waals surface area (Å²) >= 11 is 6.61. The maximum absolute atomic E-state index is 12.8. The first-order chi connectivity index (χ1) is 16.4. The van der Waals surface area contributed by atoms with E-state index in [4.69, 9.17) is 9.47 Å². The van der Waals surface area contributed by atoms with Gasteiger partial charge in [-0.15, -0.1) is 0 Å². The van der Waals surface area contributed by atoms with E-state index in [0.717, 1.165) is 38.6 Å². The van der Waals surface area contributed by atoms with Crippen LogP contribution in [0.1, 0.15) is 24.0 Å². The summed E-state index contributed by atoms with van der Waals surface area (Å²) in [5.41, 5.74) is 1.69. The lowest BCUT2D eigenvalue weighted by Gasteiger charge is -2.18. The molecule has 4 rings (SSSR count). The molecule has 2 aliphatic rings. The second kappa shape index (κ2) is 11.1. The molecule has 2 aromatic rings. The summed E-state index contributed by atoms with van der Waals surface area (Å²) in [4.78, 5) is 40.7. The van der Waals surface area contributed by atoms with Gasteiger partial charge in [0.2, 0.25) is 5.91 Å². The van der Waals surface area contributed by atoms with E-state index < -0.39 is 11.1 Å².